The van der Waals surface area contributed by atoms with Gasteiger partial charge in [0.25, 0.3) is 0 Å². The number of hydrogen-bond donors (Lipinski definition) is 0. The minimum atomic E-state index is -2.03. The van der Waals surface area contributed by atoms with Crippen LogP contribution in [0.5, 0.6) is 11.5 Å². The van der Waals surface area contributed by atoms with Crippen LogP contribution in [-0.4, -0.2) is 21.9 Å². The Morgan fingerprint density at radius 3 is 1.96 bits per heavy atom. The van der Waals surface area contributed by atoms with Gasteiger partial charge in [-0.3, -0.25) is 0 Å². The number of benzene rings is 2. The van der Waals surface area contributed by atoms with Crippen LogP contribution in [0.1, 0.15) is 26.7 Å². The number of carbonyl (C=O) groups excluding carboxylic acids is 1. The van der Waals surface area contributed by atoms with E-state index in [0.717, 1.165) is 24.3 Å². The normalized spacial score (nSPS) is 11.7. The molecule has 0 aliphatic rings. The first-order valence-electron chi connectivity index (χ1n) is 8.82. The maximum Gasteiger partial charge on any atom is 0.447 e. The van der Waals surface area contributed by atoms with Crippen LogP contribution in [0.4, 0.5) is 0 Å². The van der Waals surface area contributed by atoms with Crippen LogP contribution < -0.4 is 8.85 Å². The van der Waals surface area contributed by atoms with E-state index in [2.05, 4.69) is 13.5 Å². The molecule has 2 rings (SSSR count). The summed E-state index contributed by atoms with van der Waals surface area (Å²) >= 11 is 0. The van der Waals surface area contributed by atoms with Crippen LogP contribution in [0, 0.1) is 0 Å². The third-order valence-corrected chi connectivity index (χ3v) is 6.11. The lowest BCUT2D eigenvalue weighted by Gasteiger charge is -2.24. The van der Waals surface area contributed by atoms with Crippen molar-refractivity contribution in [2.45, 2.75) is 32.2 Å². The Bertz CT molecular complexity index is 646. The lowest BCUT2D eigenvalue weighted by molar-refractivity contribution is -0.139. The minimum Gasteiger partial charge on any atom is -0.514 e. The third kappa shape index (κ3) is 6.76. The molecule has 2 aromatic carbocycles. The molecule has 0 spiro atoms. The molecule has 0 bridgehead atoms. The lowest BCUT2D eigenvalue weighted by Crippen LogP contribution is -2.34. The van der Waals surface area contributed by atoms with Crippen molar-refractivity contribution in [3.63, 3.8) is 0 Å². The maximum atomic E-state index is 11.4. The standard InChI is InChI=1S/C21H26O4Si/c1-17(2)21(22)23-16-10-11-18(3)26(24-19-12-6-4-7-13-19)25-20-14-8-5-9-15-20/h4-9,12-15,18,26H,1,10-11,16H2,2-3H3. The van der Waals surface area contributed by atoms with Crippen molar-refractivity contribution in [1.82, 2.24) is 0 Å². The summed E-state index contributed by atoms with van der Waals surface area (Å²) in [6.45, 7) is 7.74. The van der Waals surface area contributed by atoms with Gasteiger partial charge in [0.15, 0.2) is 0 Å². The van der Waals surface area contributed by atoms with Gasteiger partial charge in [-0.1, -0.05) is 49.9 Å². The molecule has 1 atom stereocenters. The Kier molecular flexibility index (Phi) is 7.96. The molecule has 0 aliphatic carbocycles. The second-order valence-electron chi connectivity index (χ2n) is 6.27. The van der Waals surface area contributed by atoms with Gasteiger partial charge in [0.05, 0.1) is 6.61 Å². The zero-order valence-corrected chi connectivity index (χ0v) is 16.5. The molecule has 138 valence electrons. The van der Waals surface area contributed by atoms with Crippen molar-refractivity contribution in [2.24, 2.45) is 0 Å². The Labute approximate surface area is 157 Å². The first-order valence-corrected chi connectivity index (χ1v) is 10.4. The number of para-hydroxylation sites is 2. The predicted octanol–water partition coefficient (Wildman–Crippen LogP) is 4.65. The highest BCUT2D eigenvalue weighted by molar-refractivity contribution is 6.48. The highest BCUT2D eigenvalue weighted by Crippen LogP contribution is 2.23. The highest BCUT2D eigenvalue weighted by atomic mass is 28.3. The van der Waals surface area contributed by atoms with Crippen molar-refractivity contribution in [3.05, 3.63) is 72.8 Å². The fourth-order valence-electron chi connectivity index (χ4n) is 2.35. The number of rotatable bonds is 10. The van der Waals surface area contributed by atoms with Crippen LogP contribution in [0.3, 0.4) is 0 Å². The van der Waals surface area contributed by atoms with Crippen LogP contribution in [0.15, 0.2) is 72.8 Å². The molecule has 5 heteroatoms. The first kappa shape index (κ1) is 19.8. The molecule has 4 nitrogen and oxygen atoms in total. The quantitative estimate of drug-likeness (QED) is 0.264. The van der Waals surface area contributed by atoms with Gasteiger partial charge in [-0.15, -0.1) is 0 Å². The molecule has 26 heavy (non-hydrogen) atoms. The summed E-state index contributed by atoms with van der Waals surface area (Å²) in [5.74, 6) is 1.30. The molecular formula is C21H26O4Si. The van der Waals surface area contributed by atoms with Crippen LogP contribution >= 0.6 is 0 Å². The van der Waals surface area contributed by atoms with E-state index in [-0.39, 0.29) is 11.5 Å². The van der Waals surface area contributed by atoms with E-state index in [1.54, 1.807) is 6.92 Å². The molecule has 0 aromatic heterocycles. The monoisotopic (exact) mass is 370 g/mol. The van der Waals surface area contributed by atoms with Crippen molar-refractivity contribution in [1.29, 1.82) is 0 Å². The van der Waals surface area contributed by atoms with Gasteiger partial charge >= 0.3 is 15.3 Å². The van der Waals surface area contributed by atoms with Gasteiger partial charge in [-0.2, -0.15) is 0 Å². The fourth-order valence-corrected chi connectivity index (χ4v) is 4.22. The van der Waals surface area contributed by atoms with Gasteiger partial charge < -0.3 is 13.6 Å². The van der Waals surface area contributed by atoms with E-state index >= 15 is 0 Å². The first-order chi connectivity index (χ1) is 12.6. The summed E-state index contributed by atoms with van der Waals surface area (Å²) in [6.07, 6.45) is 1.63. The Hall–Kier alpha value is -2.53. The zero-order chi connectivity index (χ0) is 18.8. The average molecular weight is 371 g/mol. The van der Waals surface area contributed by atoms with Gasteiger partial charge in [0, 0.05) is 11.1 Å². The van der Waals surface area contributed by atoms with E-state index in [4.69, 9.17) is 13.6 Å². The van der Waals surface area contributed by atoms with Crippen molar-refractivity contribution in [2.75, 3.05) is 6.61 Å². The molecule has 0 aliphatic heterocycles. The Balaban J connectivity index is 1.93. The molecule has 0 N–H and O–H groups in total. The summed E-state index contributed by atoms with van der Waals surface area (Å²) in [5.41, 5.74) is 0.670. The second kappa shape index (κ2) is 10.5. The van der Waals surface area contributed by atoms with Crippen molar-refractivity contribution in [3.8, 4) is 11.5 Å². The summed E-state index contributed by atoms with van der Waals surface area (Å²) in [6, 6.07) is 19.5. The molecule has 1 unspecified atom stereocenters. The summed E-state index contributed by atoms with van der Waals surface area (Å²) in [7, 11) is -2.03. The van der Waals surface area contributed by atoms with Gasteiger partial charge in [-0.25, -0.2) is 4.79 Å². The fraction of sp³-hybridized carbons (Fsp3) is 0.286. The largest absolute Gasteiger partial charge is 0.514 e. The van der Waals surface area contributed by atoms with Crippen molar-refractivity contribution >= 4 is 15.3 Å². The van der Waals surface area contributed by atoms with E-state index in [9.17, 15) is 4.79 Å². The predicted molar refractivity (Wildman–Crippen MR) is 106 cm³/mol. The zero-order valence-electron chi connectivity index (χ0n) is 15.4. The molecule has 0 saturated carbocycles. The van der Waals surface area contributed by atoms with E-state index < -0.39 is 9.28 Å². The molecule has 2 aromatic rings. The maximum absolute atomic E-state index is 11.4. The molecule has 0 heterocycles. The summed E-state index contributed by atoms with van der Waals surface area (Å²) in [4.78, 5) is 11.4. The molecule has 0 radical (unpaired) electrons. The Morgan fingerprint density at radius 1 is 1.00 bits per heavy atom. The smallest absolute Gasteiger partial charge is 0.447 e. The summed E-state index contributed by atoms with van der Waals surface area (Å²) < 4.78 is 17.5. The summed E-state index contributed by atoms with van der Waals surface area (Å²) in [5, 5.41) is 0. The molecular weight excluding hydrogens is 344 g/mol. The average Bonchev–Trinajstić information content (AvgIpc) is 2.66. The Morgan fingerprint density at radius 2 is 1.50 bits per heavy atom. The molecule has 0 fully saturated rings. The second-order valence-corrected chi connectivity index (χ2v) is 8.61. The van der Waals surface area contributed by atoms with Crippen molar-refractivity contribution < 1.29 is 18.4 Å². The SMILES string of the molecule is C=C(C)C(=O)OCCCC(C)[SiH](Oc1ccccc1)Oc1ccccc1. The third-order valence-electron chi connectivity index (χ3n) is 3.84. The van der Waals surface area contributed by atoms with Crippen LogP contribution in [0.25, 0.3) is 0 Å². The van der Waals surface area contributed by atoms with Gasteiger partial charge in [0.2, 0.25) is 0 Å². The number of esters is 1. The molecule has 0 saturated heterocycles. The van der Waals surface area contributed by atoms with E-state index in [1.807, 2.05) is 60.7 Å². The van der Waals surface area contributed by atoms with Gasteiger partial charge in [-0.05, 0) is 44.0 Å². The molecule has 0 amide bonds. The number of carbonyl (C=O) groups is 1. The number of ether oxygens (including phenoxy) is 1. The van der Waals surface area contributed by atoms with Crippen LogP contribution in [-0.2, 0) is 9.53 Å². The highest BCUT2D eigenvalue weighted by Gasteiger charge is 2.26. The van der Waals surface area contributed by atoms with E-state index in [1.165, 1.54) is 0 Å². The van der Waals surface area contributed by atoms with Gasteiger partial charge in [0.1, 0.15) is 11.5 Å². The van der Waals surface area contributed by atoms with Crippen LogP contribution in [0.2, 0.25) is 5.54 Å². The number of hydrogen-bond acceptors (Lipinski definition) is 4. The van der Waals surface area contributed by atoms with E-state index in [0.29, 0.717) is 12.2 Å². The topological polar surface area (TPSA) is 44.8 Å². The lowest BCUT2D eigenvalue weighted by atomic mass is 10.2. The minimum absolute atomic E-state index is 0.249.